The third-order valence-corrected chi connectivity index (χ3v) is 5.06. The average molecular weight is 440 g/mol. The Labute approximate surface area is 168 Å². The van der Waals surface area contributed by atoms with Crippen LogP contribution < -0.4 is 9.46 Å². The molecule has 0 aliphatic carbocycles. The lowest BCUT2D eigenvalue weighted by atomic mass is 10.1. The standard InChI is InChI=1S/C19H12F4N2O4S/c20-12-6-8-15(16(10-12)19(21,22)23)18(26)25-30(27,28)14-7-9-17(24-11-14)29-13-4-2-1-3-5-13/h1-11H,(H,25,26). The fourth-order valence-electron chi connectivity index (χ4n) is 2.38. The molecule has 0 radical (unpaired) electrons. The van der Waals surface area contributed by atoms with E-state index in [2.05, 4.69) is 4.98 Å². The Morgan fingerprint density at radius 1 is 1.00 bits per heavy atom. The third-order valence-electron chi connectivity index (χ3n) is 3.74. The molecule has 11 heteroatoms. The van der Waals surface area contributed by atoms with Crippen molar-refractivity contribution in [3.05, 3.63) is 83.8 Å². The van der Waals surface area contributed by atoms with Crippen LogP contribution >= 0.6 is 0 Å². The van der Waals surface area contributed by atoms with Crippen molar-refractivity contribution in [3.63, 3.8) is 0 Å². The lowest BCUT2D eigenvalue weighted by Gasteiger charge is -2.13. The van der Waals surface area contributed by atoms with E-state index in [1.165, 1.54) is 10.8 Å². The Morgan fingerprint density at radius 2 is 1.70 bits per heavy atom. The normalized spacial score (nSPS) is 11.7. The van der Waals surface area contributed by atoms with E-state index >= 15 is 0 Å². The van der Waals surface area contributed by atoms with E-state index in [4.69, 9.17) is 4.74 Å². The van der Waals surface area contributed by atoms with Gasteiger partial charge in [-0.1, -0.05) is 18.2 Å². The van der Waals surface area contributed by atoms with Crippen LogP contribution in [0.4, 0.5) is 17.6 Å². The van der Waals surface area contributed by atoms with E-state index in [1.807, 2.05) is 0 Å². The first-order valence-corrected chi connectivity index (χ1v) is 9.67. The van der Waals surface area contributed by atoms with Crippen molar-refractivity contribution in [2.75, 3.05) is 0 Å². The number of carbonyl (C=O) groups excluding carboxylic acids is 1. The summed E-state index contributed by atoms with van der Waals surface area (Å²) in [5, 5.41) is 0. The molecule has 1 N–H and O–H groups in total. The maximum Gasteiger partial charge on any atom is 0.417 e. The Bertz CT molecular complexity index is 1170. The number of amides is 1. The summed E-state index contributed by atoms with van der Waals surface area (Å²) in [4.78, 5) is 15.5. The van der Waals surface area contributed by atoms with Crippen molar-refractivity contribution in [3.8, 4) is 11.6 Å². The van der Waals surface area contributed by atoms with Crippen LogP contribution in [-0.4, -0.2) is 19.3 Å². The molecule has 3 rings (SSSR count). The van der Waals surface area contributed by atoms with Crippen LogP contribution in [0.3, 0.4) is 0 Å². The van der Waals surface area contributed by atoms with E-state index in [1.54, 1.807) is 30.3 Å². The summed E-state index contributed by atoms with van der Waals surface area (Å²) in [7, 11) is -4.55. The van der Waals surface area contributed by atoms with E-state index in [0.29, 0.717) is 17.9 Å². The molecule has 0 atom stereocenters. The predicted octanol–water partition coefficient (Wildman–Crippen LogP) is 4.15. The molecule has 3 aromatic rings. The zero-order valence-corrected chi connectivity index (χ0v) is 15.7. The molecule has 6 nitrogen and oxygen atoms in total. The van der Waals surface area contributed by atoms with Crippen molar-refractivity contribution in [2.24, 2.45) is 0 Å². The topological polar surface area (TPSA) is 85.4 Å². The zero-order chi connectivity index (χ0) is 21.9. The zero-order valence-electron chi connectivity index (χ0n) is 14.9. The van der Waals surface area contributed by atoms with Gasteiger partial charge in [-0.15, -0.1) is 0 Å². The lowest BCUT2D eigenvalue weighted by Crippen LogP contribution is -2.32. The number of nitrogens with zero attached hydrogens (tertiary/aromatic N) is 1. The highest BCUT2D eigenvalue weighted by Crippen LogP contribution is 2.32. The van der Waals surface area contributed by atoms with E-state index < -0.39 is 43.9 Å². The van der Waals surface area contributed by atoms with Crippen LogP contribution in [0.25, 0.3) is 0 Å². The molecular formula is C19H12F4N2O4S. The third kappa shape index (κ3) is 4.92. The fraction of sp³-hybridized carbons (Fsp3) is 0.0526. The van der Waals surface area contributed by atoms with E-state index in [-0.39, 0.29) is 11.9 Å². The highest BCUT2D eigenvalue weighted by atomic mass is 32.2. The van der Waals surface area contributed by atoms with Gasteiger partial charge in [0.15, 0.2) is 0 Å². The minimum absolute atomic E-state index is 0.0596. The monoisotopic (exact) mass is 440 g/mol. The largest absolute Gasteiger partial charge is 0.439 e. The first-order valence-electron chi connectivity index (χ1n) is 8.19. The molecule has 0 fully saturated rings. The average Bonchev–Trinajstić information content (AvgIpc) is 2.68. The Morgan fingerprint density at radius 3 is 2.30 bits per heavy atom. The quantitative estimate of drug-likeness (QED) is 0.603. The Kier molecular flexibility index (Phi) is 5.74. The summed E-state index contributed by atoms with van der Waals surface area (Å²) in [5.41, 5.74) is -2.63. The second-order valence-corrected chi connectivity index (χ2v) is 7.55. The van der Waals surface area contributed by atoms with Crippen LogP contribution in [-0.2, 0) is 16.2 Å². The number of alkyl halides is 3. The number of carbonyl (C=O) groups is 1. The highest BCUT2D eigenvalue weighted by molar-refractivity contribution is 7.90. The van der Waals surface area contributed by atoms with Crippen LogP contribution in [0.1, 0.15) is 15.9 Å². The first-order chi connectivity index (χ1) is 14.1. The van der Waals surface area contributed by atoms with Gasteiger partial charge in [-0.3, -0.25) is 4.79 Å². The maximum absolute atomic E-state index is 13.2. The van der Waals surface area contributed by atoms with Gasteiger partial charge < -0.3 is 4.74 Å². The van der Waals surface area contributed by atoms with Gasteiger partial charge >= 0.3 is 6.18 Å². The molecule has 30 heavy (non-hydrogen) atoms. The molecule has 0 aliphatic rings. The number of ether oxygens (including phenoxy) is 1. The molecule has 0 saturated heterocycles. The lowest BCUT2D eigenvalue weighted by molar-refractivity contribution is -0.138. The Balaban J connectivity index is 1.81. The van der Waals surface area contributed by atoms with Crippen LogP contribution in [0.5, 0.6) is 11.6 Å². The van der Waals surface area contributed by atoms with E-state index in [0.717, 1.165) is 12.3 Å². The molecule has 1 aromatic heterocycles. The molecule has 0 unspecified atom stereocenters. The van der Waals surface area contributed by atoms with Gasteiger partial charge in [-0.25, -0.2) is 22.5 Å². The number of pyridine rings is 1. The van der Waals surface area contributed by atoms with Gasteiger partial charge in [-0.2, -0.15) is 13.2 Å². The maximum atomic E-state index is 13.2. The minimum atomic E-state index is -5.06. The summed E-state index contributed by atoms with van der Waals surface area (Å²) >= 11 is 0. The van der Waals surface area contributed by atoms with Gasteiger partial charge in [-0.05, 0) is 36.4 Å². The summed E-state index contributed by atoms with van der Waals surface area (Å²) in [6.45, 7) is 0. The molecule has 0 spiro atoms. The molecule has 0 saturated carbocycles. The summed E-state index contributed by atoms with van der Waals surface area (Å²) in [6, 6.07) is 12.1. The number of nitrogens with one attached hydrogen (secondary N) is 1. The number of hydrogen-bond donors (Lipinski definition) is 1. The summed E-state index contributed by atoms with van der Waals surface area (Å²) < 4.78 is 83.9. The molecule has 0 aliphatic heterocycles. The highest BCUT2D eigenvalue weighted by Gasteiger charge is 2.36. The number of benzene rings is 2. The van der Waals surface area contributed by atoms with Gasteiger partial charge in [0.05, 0.1) is 17.3 Å². The number of halogens is 4. The number of sulfonamides is 1. The summed E-state index contributed by atoms with van der Waals surface area (Å²) in [5.74, 6) is -2.28. The van der Waals surface area contributed by atoms with Crippen molar-refractivity contribution in [1.82, 2.24) is 9.71 Å². The molecule has 2 aromatic carbocycles. The van der Waals surface area contributed by atoms with Gasteiger partial charge in [0, 0.05) is 6.07 Å². The number of para-hydroxylation sites is 1. The van der Waals surface area contributed by atoms with Crippen molar-refractivity contribution < 1.29 is 35.5 Å². The second kappa shape index (κ2) is 8.11. The number of rotatable bonds is 5. The number of aromatic nitrogens is 1. The molecule has 0 bridgehead atoms. The van der Waals surface area contributed by atoms with Gasteiger partial charge in [0.2, 0.25) is 5.88 Å². The molecule has 156 valence electrons. The molecule has 1 heterocycles. The summed E-state index contributed by atoms with van der Waals surface area (Å²) in [6.07, 6.45) is -4.18. The SMILES string of the molecule is O=C(NS(=O)(=O)c1ccc(Oc2ccccc2)nc1)c1ccc(F)cc1C(F)(F)F. The fourth-order valence-corrected chi connectivity index (χ4v) is 3.29. The van der Waals surface area contributed by atoms with Crippen LogP contribution in [0.2, 0.25) is 0 Å². The minimum Gasteiger partial charge on any atom is -0.439 e. The van der Waals surface area contributed by atoms with Crippen LogP contribution in [0, 0.1) is 5.82 Å². The first kappa shape index (κ1) is 21.2. The second-order valence-electron chi connectivity index (χ2n) is 5.87. The Hall–Kier alpha value is -3.47. The van der Waals surface area contributed by atoms with Gasteiger partial charge in [0.1, 0.15) is 16.5 Å². The van der Waals surface area contributed by atoms with Gasteiger partial charge in [0.25, 0.3) is 15.9 Å². The van der Waals surface area contributed by atoms with Crippen molar-refractivity contribution in [2.45, 2.75) is 11.1 Å². The smallest absolute Gasteiger partial charge is 0.417 e. The van der Waals surface area contributed by atoms with Crippen molar-refractivity contribution >= 4 is 15.9 Å². The molecule has 1 amide bonds. The number of hydrogen-bond acceptors (Lipinski definition) is 5. The van der Waals surface area contributed by atoms with Crippen LogP contribution in [0.15, 0.2) is 71.8 Å². The predicted molar refractivity (Wildman–Crippen MR) is 96.8 cm³/mol. The molecular weight excluding hydrogens is 428 g/mol. The van der Waals surface area contributed by atoms with E-state index in [9.17, 15) is 30.8 Å². The van der Waals surface area contributed by atoms with Crippen molar-refractivity contribution in [1.29, 1.82) is 0 Å².